The molecule has 0 aromatic heterocycles. The molecule has 0 bridgehead atoms. The van der Waals surface area contributed by atoms with Crippen molar-refractivity contribution in [2.45, 2.75) is 6.92 Å². The van der Waals surface area contributed by atoms with Crippen LogP contribution in [0.4, 0.5) is 5.69 Å². The van der Waals surface area contributed by atoms with Gasteiger partial charge in [0.15, 0.2) is 5.78 Å². The lowest BCUT2D eigenvalue weighted by Crippen LogP contribution is -2.34. The Balaban J connectivity index is 2.94. The lowest BCUT2D eigenvalue weighted by molar-refractivity contribution is -0.120. The monoisotopic (exact) mass is 303 g/mol. The van der Waals surface area contributed by atoms with Crippen LogP contribution in [0.3, 0.4) is 0 Å². The molecule has 0 spiro atoms. The highest BCUT2D eigenvalue weighted by Crippen LogP contribution is 2.19. The zero-order valence-corrected chi connectivity index (χ0v) is 11.1. The molecule has 0 fully saturated rings. The summed E-state index contributed by atoms with van der Waals surface area (Å²) in [6, 6.07) is 6.86. The van der Waals surface area contributed by atoms with Crippen LogP contribution < -0.4 is 4.90 Å². The maximum atomic E-state index is 11.4. The molecule has 16 heavy (non-hydrogen) atoms. The third-order valence-corrected chi connectivity index (χ3v) is 2.84. The molecule has 0 N–H and O–H groups in total. The summed E-state index contributed by atoms with van der Waals surface area (Å²) in [5.41, 5.74) is 0.634. The first-order chi connectivity index (χ1) is 7.54. The Morgan fingerprint density at radius 1 is 1.44 bits per heavy atom. The molecule has 0 aliphatic rings. The van der Waals surface area contributed by atoms with Crippen LogP contribution in [0.5, 0.6) is 0 Å². The quantitative estimate of drug-likeness (QED) is 0.802. The average molecular weight is 305 g/mol. The Morgan fingerprint density at radius 3 is 2.62 bits per heavy atom. The van der Waals surface area contributed by atoms with Gasteiger partial charge in [0, 0.05) is 17.6 Å². The Labute approximate surface area is 108 Å². The predicted molar refractivity (Wildman–Crippen MR) is 68.3 cm³/mol. The van der Waals surface area contributed by atoms with Crippen molar-refractivity contribution in [1.29, 1.82) is 0 Å². The fourth-order valence-electron chi connectivity index (χ4n) is 1.25. The molecular formula is C11H11BrClNO2. The number of ketones is 1. The second-order valence-electron chi connectivity index (χ2n) is 3.26. The van der Waals surface area contributed by atoms with E-state index in [2.05, 4.69) is 15.9 Å². The number of benzene rings is 1. The Morgan fingerprint density at radius 2 is 2.12 bits per heavy atom. The molecule has 0 saturated carbocycles. The van der Waals surface area contributed by atoms with Gasteiger partial charge >= 0.3 is 0 Å². The topological polar surface area (TPSA) is 37.4 Å². The summed E-state index contributed by atoms with van der Waals surface area (Å²) in [5.74, 6) is -0.244. The number of halogens is 2. The van der Waals surface area contributed by atoms with E-state index in [1.165, 1.54) is 11.8 Å². The van der Waals surface area contributed by atoms with Crippen molar-refractivity contribution >= 4 is 44.9 Å². The summed E-state index contributed by atoms with van der Waals surface area (Å²) in [4.78, 5) is 24.1. The lowest BCUT2D eigenvalue weighted by atomic mass is 10.2. The van der Waals surface area contributed by atoms with Crippen LogP contribution in [0.2, 0.25) is 5.02 Å². The minimum Gasteiger partial charge on any atom is -0.305 e. The number of nitrogens with zero attached hydrogens (tertiary/aromatic N) is 1. The highest BCUT2D eigenvalue weighted by atomic mass is 79.9. The molecule has 1 aromatic rings. The van der Waals surface area contributed by atoms with Gasteiger partial charge in [0.05, 0.1) is 11.9 Å². The van der Waals surface area contributed by atoms with Gasteiger partial charge in [-0.05, 0) is 18.2 Å². The third-order valence-electron chi connectivity index (χ3n) is 1.98. The highest BCUT2D eigenvalue weighted by molar-refractivity contribution is 9.09. The number of rotatable bonds is 4. The van der Waals surface area contributed by atoms with Crippen molar-refractivity contribution in [1.82, 2.24) is 0 Å². The van der Waals surface area contributed by atoms with E-state index in [1.807, 2.05) is 0 Å². The van der Waals surface area contributed by atoms with E-state index in [0.29, 0.717) is 10.7 Å². The number of Topliss-reactive ketones (excluding diaryl/α,β-unsaturated/α-hetero) is 1. The molecule has 5 heteroatoms. The number of carbonyl (C=O) groups is 2. The van der Waals surface area contributed by atoms with Crippen molar-refractivity contribution in [3.05, 3.63) is 29.3 Å². The SMILES string of the molecule is CC(=O)N(CC(=O)CBr)c1cccc(Cl)c1. The van der Waals surface area contributed by atoms with Gasteiger partial charge in [-0.3, -0.25) is 9.59 Å². The molecule has 86 valence electrons. The number of amides is 1. The molecule has 0 unspecified atom stereocenters. The van der Waals surface area contributed by atoms with E-state index >= 15 is 0 Å². The van der Waals surface area contributed by atoms with Crippen molar-refractivity contribution in [2.24, 2.45) is 0 Å². The first-order valence-corrected chi connectivity index (χ1v) is 6.16. The molecular weight excluding hydrogens is 293 g/mol. The van der Waals surface area contributed by atoms with Gasteiger partial charge in [0.2, 0.25) is 5.91 Å². The Hall–Kier alpha value is -0.870. The van der Waals surface area contributed by atoms with E-state index < -0.39 is 0 Å². The zero-order valence-electron chi connectivity index (χ0n) is 8.74. The molecule has 0 radical (unpaired) electrons. The maximum Gasteiger partial charge on any atom is 0.224 e. The average Bonchev–Trinajstić information content (AvgIpc) is 2.25. The van der Waals surface area contributed by atoms with Crippen LogP contribution in [0.1, 0.15) is 6.92 Å². The van der Waals surface area contributed by atoms with Crippen LogP contribution in [0.15, 0.2) is 24.3 Å². The summed E-state index contributed by atoms with van der Waals surface area (Å²) < 4.78 is 0. The summed E-state index contributed by atoms with van der Waals surface area (Å²) >= 11 is 8.90. The Kier molecular flexibility index (Phi) is 4.96. The van der Waals surface area contributed by atoms with Crippen molar-refractivity contribution < 1.29 is 9.59 Å². The van der Waals surface area contributed by atoms with Gasteiger partial charge < -0.3 is 4.90 Å². The van der Waals surface area contributed by atoms with Crippen LogP contribution in [0, 0.1) is 0 Å². The van der Waals surface area contributed by atoms with Gasteiger partial charge in [-0.2, -0.15) is 0 Å². The first-order valence-electron chi connectivity index (χ1n) is 4.66. The smallest absolute Gasteiger partial charge is 0.224 e. The van der Waals surface area contributed by atoms with Gasteiger partial charge in [-0.15, -0.1) is 0 Å². The van der Waals surface area contributed by atoms with E-state index in [0.717, 1.165) is 0 Å². The molecule has 3 nitrogen and oxygen atoms in total. The van der Waals surface area contributed by atoms with Gasteiger partial charge in [0.25, 0.3) is 0 Å². The van der Waals surface area contributed by atoms with Crippen LogP contribution in [-0.2, 0) is 9.59 Å². The maximum absolute atomic E-state index is 11.4. The zero-order chi connectivity index (χ0) is 12.1. The normalized spacial score (nSPS) is 9.94. The van der Waals surface area contributed by atoms with E-state index in [4.69, 9.17) is 11.6 Å². The number of anilines is 1. The number of hydrogen-bond acceptors (Lipinski definition) is 2. The van der Waals surface area contributed by atoms with Crippen LogP contribution in [0.25, 0.3) is 0 Å². The summed E-state index contributed by atoms with van der Waals surface area (Å²) in [5, 5.41) is 0.771. The largest absolute Gasteiger partial charge is 0.305 e. The van der Waals surface area contributed by atoms with Gasteiger partial charge in [-0.25, -0.2) is 0 Å². The van der Waals surface area contributed by atoms with Crippen molar-refractivity contribution in [3.63, 3.8) is 0 Å². The standard InChI is InChI=1S/C11H11BrClNO2/c1-8(15)14(7-11(16)6-12)10-4-2-3-9(13)5-10/h2-5H,6-7H2,1H3. The fraction of sp³-hybridized carbons (Fsp3) is 0.273. The van der Waals surface area contributed by atoms with E-state index in [-0.39, 0.29) is 23.6 Å². The fourth-order valence-corrected chi connectivity index (χ4v) is 1.61. The van der Waals surface area contributed by atoms with E-state index in [1.54, 1.807) is 24.3 Å². The van der Waals surface area contributed by atoms with Gasteiger partial charge in [0.1, 0.15) is 0 Å². The highest BCUT2D eigenvalue weighted by Gasteiger charge is 2.14. The van der Waals surface area contributed by atoms with Crippen LogP contribution in [-0.4, -0.2) is 23.6 Å². The molecule has 0 aliphatic heterocycles. The molecule has 1 amide bonds. The van der Waals surface area contributed by atoms with Crippen molar-refractivity contribution in [2.75, 3.05) is 16.8 Å². The molecule has 1 aromatic carbocycles. The second kappa shape index (κ2) is 6.01. The molecule has 0 heterocycles. The summed E-state index contributed by atoms with van der Waals surface area (Å²) in [7, 11) is 0. The predicted octanol–water partition coefficient (Wildman–Crippen LogP) is 2.66. The number of hydrogen-bond donors (Lipinski definition) is 0. The van der Waals surface area contributed by atoms with Gasteiger partial charge in [-0.1, -0.05) is 33.6 Å². The summed E-state index contributed by atoms with van der Waals surface area (Å²) in [6.07, 6.45) is 0. The second-order valence-corrected chi connectivity index (χ2v) is 4.25. The molecule has 0 aliphatic carbocycles. The number of alkyl halides is 1. The number of carbonyl (C=O) groups excluding carboxylic acids is 2. The molecule has 1 rings (SSSR count). The lowest BCUT2D eigenvalue weighted by Gasteiger charge is -2.20. The molecule has 0 saturated heterocycles. The van der Waals surface area contributed by atoms with Crippen molar-refractivity contribution in [3.8, 4) is 0 Å². The molecule has 0 atom stereocenters. The van der Waals surface area contributed by atoms with Crippen LogP contribution >= 0.6 is 27.5 Å². The Bertz CT molecular complexity index is 409. The van der Waals surface area contributed by atoms with E-state index in [9.17, 15) is 9.59 Å². The minimum absolute atomic E-state index is 0.0565. The minimum atomic E-state index is -0.184. The third kappa shape index (κ3) is 3.61. The summed E-state index contributed by atoms with van der Waals surface area (Å²) in [6.45, 7) is 1.48. The first kappa shape index (κ1) is 13.2.